The van der Waals surface area contributed by atoms with Crippen LogP contribution in [0.5, 0.6) is 5.75 Å². The molecule has 2 unspecified atom stereocenters. The molecule has 1 aliphatic rings. The number of carbonyl (C=O) groups excluding carboxylic acids is 1. The van der Waals surface area contributed by atoms with E-state index in [1.165, 1.54) is 11.1 Å². The van der Waals surface area contributed by atoms with E-state index in [1.54, 1.807) is 24.3 Å². The molecule has 0 spiro atoms. The number of carbonyl (C=O) groups is 1. The Balaban J connectivity index is 1.55. The summed E-state index contributed by atoms with van der Waals surface area (Å²) in [5, 5.41) is 10.6. The number of nitrogens with zero attached hydrogens (tertiary/aromatic N) is 1. The van der Waals surface area contributed by atoms with Gasteiger partial charge in [-0.1, -0.05) is 31.2 Å². The van der Waals surface area contributed by atoms with Gasteiger partial charge in [-0.05, 0) is 54.7 Å². The van der Waals surface area contributed by atoms with Crippen LogP contribution in [-0.2, 0) is 17.7 Å². The largest absolute Gasteiger partial charge is 0.491 e. The van der Waals surface area contributed by atoms with Gasteiger partial charge in [0.25, 0.3) is 0 Å². The topological polar surface area (TPSA) is 59.0 Å². The van der Waals surface area contributed by atoms with E-state index in [0.717, 1.165) is 45.2 Å². The lowest BCUT2D eigenvalue weighted by Gasteiger charge is -2.27. The summed E-state index contributed by atoms with van der Waals surface area (Å²) < 4.78 is 11.5. The highest BCUT2D eigenvalue weighted by molar-refractivity contribution is 5.74. The Morgan fingerprint density at radius 2 is 1.90 bits per heavy atom. The second-order valence-corrected chi connectivity index (χ2v) is 7.65. The minimum absolute atomic E-state index is 0.206. The van der Waals surface area contributed by atoms with E-state index in [9.17, 15) is 9.90 Å². The zero-order valence-electron chi connectivity index (χ0n) is 17.1. The Morgan fingerprint density at radius 3 is 2.52 bits per heavy atom. The van der Waals surface area contributed by atoms with E-state index in [-0.39, 0.29) is 12.7 Å². The molecule has 3 rings (SSSR count). The van der Waals surface area contributed by atoms with Crippen LogP contribution in [0.15, 0.2) is 48.5 Å². The predicted octanol–water partition coefficient (Wildman–Crippen LogP) is 3.48. The van der Waals surface area contributed by atoms with Crippen molar-refractivity contribution in [3.05, 3.63) is 65.2 Å². The molecule has 5 heteroatoms. The van der Waals surface area contributed by atoms with Crippen LogP contribution in [0.4, 0.5) is 0 Å². The van der Waals surface area contributed by atoms with Gasteiger partial charge in [0, 0.05) is 31.8 Å². The number of aliphatic hydroxyl groups excluding tert-OH is 1. The monoisotopic (exact) mass is 397 g/mol. The third kappa shape index (κ3) is 6.96. The maximum Gasteiger partial charge on any atom is 0.150 e. The highest BCUT2D eigenvalue weighted by Crippen LogP contribution is 2.17. The van der Waals surface area contributed by atoms with E-state index >= 15 is 0 Å². The Labute approximate surface area is 173 Å². The third-order valence-corrected chi connectivity index (χ3v) is 5.25. The van der Waals surface area contributed by atoms with Crippen molar-refractivity contribution < 1.29 is 19.4 Å². The van der Waals surface area contributed by atoms with E-state index < -0.39 is 6.10 Å². The molecule has 156 valence electrons. The van der Waals surface area contributed by atoms with Crippen molar-refractivity contribution in [3.63, 3.8) is 0 Å². The molecule has 0 saturated carbocycles. The molecule has 29 heavy (non-hydrogen) atoms. The Hall–Kier alpha value is -2.21. The number of rotatable bonds is 11. The lowest BCUT2D eigenvalue weighted by molar-refractivity contribution is 0.0313. The fourth-order valence-electron chi connectivity index (χ4n) is 3.60. The number of aliphatic hydroxyl groups is 1. The Kier molecular flexibility index (Phi) is 8.23. The molecular formula is C24H31NO4. The SMILES string of the molecule is CCc1ccc(CN(CC(O)COc2ccc(C=O)cc2)CC2CCCO2)cc1. The summed E-state index contributed by atoms with van der Waals surface area (Å²) in [7, 11) is 0. The van der Waals surface area contributed by atoms with Crippen LogP contribution >= 0.6 is 0 Å². The first-order chi connectivity index (χ1) is 14.2. The van der Waals surface area contributed by atoms with Crippen molar-refractivity contribution in [1.29, 1.82) is 0 Å². The first-order valence-corrected chi connectivity index (χ1v) is 10.4. The van der Waals surface area contributed by atoms with Gasteiger partial charge in [-0.25, -0.2) is 0 Å². The molecule has 1 heterocycles. The van der Waals surface area contributed by atoms with Crippen molar-refractivity contribution in [1.82, 2.24) is 4.90 Å². The van der Waals surface area contributed by atoms with Crippen LogP contribution in [0.3, 0.4) is 0 Å². The molecule has 0 amide bonds. The van der Waals surface area contributed by atoms with E-state index in [2.05, 4.69) is 36.1 Å². The third-order valence-electron chi connectivity index (χ3n) is 5.25. The highest BCUT2D eigenvalue weighted by atomic mass is 16.5. The minimum Gasteiger partial charge on any atom is -0.491 e. The summed E-state index contributed by atoms with van der Waals surface area (Å²) in [6, 6.07) is 15.6. The van der Waals surface area contributed by atoms with Gasteiger partial charge in [-0.15, -0.1) is 0 Å². The molecule has 0 aliphatic carbocycles. The van der Waals surface area contributed by atoms with Crippen molar-refractivity contribution >= 4 is 6.29 Å². The molecule has 0 bridgehead atoms. The number of aldehydes is 1. The maximum absolute atomic E-state index is 10.7. The predicted molar refractivity (Wildman–Crippen MR) is 113 cm³/mol. The molecule has 1 fully saturated rings. The van der Waals surface area contributed by atoms with Gasteiger partial charge in [0.1, 0.15) is 24.7 Å². The van der Waals surface area contributed by atoms with Crippen molar-refractivity contribution in [2.24, 2.45) is 0 Å². The molecule has 1 N–H and O–H groups in total. The average Bonchev–Trinajstić information content (AvgIpc) is 3.26. The summed E-state index contributed by atoms with van der Waals surface area (Å²) in [4.78, 5) is 13.0. The van der Waals surface area contributed by atoms with Gasteiger partial charge in [0.15, 0.2) is 0 Å². The Morgan fingerprint density at radius 1 is 1.17 bits per heavy atom. The van der Waals surface area contributed by atoms with Gasteiger partial charge < -0.3 is 14.6 Å². The van der Waals surface area contributed by atoms with E-state index in [0.29, 0.717) is 17.9 Å². The quantitative estimate of drug-likeness (QED) is 0.588. The zero-order valence-corrected chi connectivity index (χ0v) is 17.1. The second kappa shape index (κ2) is 11.1. The number of aryl methyl sites for hydroxylation is 1. The molecule has 2 aromatic rings. The normalized spacial score (nSPS) is 17.4. The van der Waals surface area contributed by atoms with Gasteiger partial charge in [0.2, 0.25) is 0 Å². The van der Waals surface area contributed by atoms with Gasteiger partial charge in [-0.2, -0.15) is 0 Å². The molecule has 5 nitrogen and oxygen atoms in total. The van der Waals surface area contributed by atoms with Crippen LogP contribution in [0.2, 0.25) is 0 Å². The molecule has 0 radical (unpaired) electrons. The number of hydrogen-bond acceptors (Lipinski definition) is 5. The summed E-state index contributed by atoms with van der Waals surface area (Å²) in [6.45, 7) is 5.28. The summed E-state index contributed by atoms with van der Waals surface area (Å²) in [5.41, 5.74) is 3.17. The van der Waals surface area contributed by atoms with Crippen LogP contribution < -0.4 is 4.74 Å². The highest BCUT2D eigenvalue weighted by Gasteiger charge is 2.21. The lowest BCUT2D eigenvalue weighted by Crippen LogP contribution is -2.39. The minimum atomic E-state index is -0.614. The zero-order chi connectivity index (χ0) is 20.5. The van der Waals surface area contributed by atoms with Crippen LogP contribution in [0.1, 0.15) is 41.3 Å². The molecule has 1 saturated heterocycles. The molecule has 2 atom stereocenters. The fourth-order valence-corrected chi connectivity index (χ4v) is 3.60. The number of ether oxygens (including phenoxy) is 2. The number of hydrogen-bond donors (Lipinski definition) is 1. The standard InChI is InChI=1S/C24H31NO4/c1-2-19-5-7-20(8-6-19)14-25(16-24-4-3-13-28-24)15-22(27)18-29-23-11-9-21(17-26)10-12-23/h5-12,17,22,24,27H,2-4,13-16,18H2,1H3. The molecule has 2 aromatic carbocycles. The lowest BCUT2D eigenvalue weighted by atomic mass is 10.1. The first-order valence-electron chi connectivity index (χ1n) is 10.4. The van der Waals surface area contributed by atoms with Crippen LogP contribution in [-0.4, -0.2) is 54.8 Å². The van der Waals surface area contributed by atoms with Crippen molar-refractivity contribution in [3.8, 4) is 5.75 Å². The molecule has 0 aromatic heterocycles. The van der Waals surface area contributed by atoms with Crippen LogP contribution in [0.25, 0.3) is 0 Å². The molecule has 1 aliphatic heterocycles. The summed E-state index contributed by atoms with van der Waals surface area (Å²) in [5.74, 6) is 0.649. The molecular weight excluding hydrogens is 366 g/mol. The fraction of sp³-hybridized carbons (Fsp3) is 0.458. The number of benzene rings is 2. The first kappa shape index (κ1) is 21.5. The second-order valence-electron chi connectivity index (χ2n) is 7.65. The van der Waals surface area contributed by atoms with Gasteiger partial charge >= 0.3 is 0 Å². The maximum atomic E-state index is 10.7. The van der Waals surface area contributed by atoms with E-state index in [4.69, 9.17) is 9.47 Å². The van der Waals surface area contributed by atoms with Gasteiger partial charge in [0.05, 0.1) is 6.10 Å². The van der Waals surface area contributed by atoms with Gasteiger partial charge in [-0.3, -0.25) is 9.69 Å². The summed E-state index contributed by atoms with van der Waals surface area (Å²) in [6.07, 6.45) is 3.62. The van der Waals surface area contributed by atoms with Crippen molar-refractivity contribution in [2.45, 2.75) is 44.9 Å². The summed E-state index contributed by atoms with van der Waals surface area (Å²) >= 11 is 0. The van der Waals surface area contributed by atoms with Crippen molar-refractivity contribution in [2.75, 3.05) is 26.3 Å². The average molecular weight is 398 g/mol. The Bertz CT molecular complexity index is 738. The van der Waals surface area contributed by atoms with E-state index in [1.807, 2.05) is 0 Å². The smallest absolute Gasteiger partial charge is 0.150 e. The van der Waals surface area contributed by atoms with Crippen LogP contribution in [0, 0.1) is 0 Å².